The first-order valence-electron chi connectivity index (χ1n) is 9.13. The molecule has 0 spiro atoms. The third-order valence-corrected chi connectivity index (χ3v) is 5.62. The number of anilines is 1. The lowest BCUT2D eigenvalue weighted by molar-refractivity contribution is -0.113. The quantitative estimate of drug-likeness (QED) is 0.558. The van der Waals surface area contributed by atoms with E-state index in [2.05, 4.69) is 10.3 Å². The number of rotatable bonds is 7. The standard InChI is InChI=1S/C19H23N5O5S/c1-6-24-15-16(22(2)19(27)23(3)17(15)26)21-18(24)30-10-14(25)20-12-8-7-11(28-4)9-13(12)29-5/h7-9H,6,10H2,1-5H3,(H,20,25). The van der Waals surface area contributed by atoms with Crippen LogP contribution in [0.1, 0.15) is 6.92 Å². The molecule has 1 N–H and O–H groups in total. The van der Waals surface area contributed by atoms with E-state index in [0.717, 1.165) is 4.57 Å². The summed E-state index contributed by atoms with van der Waals surface area (Å²) >= 11 is 1.19. The topological polar surface area (TPSA) is 109 Å². The molecule has 0 fully saturated rings. The molecular formula is C19H23N5O5S. The fraction of sp³-hybridized carbons (Fsp3) is 0.368. The fourth-order valence-corrected chi connectivity index (χ4v) is 3.91. The Morgan fingerprint density at radius 1 is 1.17 bits per heavy atom. The van der Waals surface area contributed by atoms with Crippen LogP contribution < -0.4 is 26.0 Å². The molecule has 0 aliphatic rings. The molecular weight excluding hydrogens is 410 g/mol. The Bertz CT molecular complexity index is 1230. The molecule has 2 aromatic heterocycles. The summed E-state index contributed by atoms with van der Waals surface area (Å²) in [7, 11) is 6.05. The number of thioether (sulfide) groups is 1. The average molecular weight is 433 g/mol. The number of carbonyl (C=O) groups excluding carboxylic acids is 1. The van der Waals surface area contributed by atoms with E-state index < -0.39 is 11.2 Å². The van der Waals surface area contributed by atoms with E-state index in [0.29, 0.717) is 40.1 Å². The number of nitrogens with one attached hydrogen (secondary N) is 1. The molecule has 3 aromatic rings. The summed E-state index contributed by atoms with van der Waals surface area (Å²) in [4.78, 5) is 41.7. The van der Waals surface area contributed by atoms with Gasteiger partial charge >= 0.3 is 5.69 Å². The van der Waals surface area contributed by atoms with E-state index in [1.54, 1.807) is 36.9 Å². The predicted octanol–water partition coefficient (Wildman–Crippen LogP) is 1.20. The summed E-state index contributed by atoms with van der Waals surface area (Å²) in [6.45, 7) is 2.35. The number of hydrogen-bond donors (Lipinski definition) is 1. The van der Waals surface area contributed by atoms with E-state index in [1.807, 2.05) is 6.92 Å². The maximum absolute atomic E-state index is 12.6. The molecule has 30 heavy (non-hydrogen) atoms. The van der Waals surface area contributed by atoms with Crippen molar-refractivity contribution >= 4 is 34.5 Å². The van der Waals surface area contributed by atoms with Crippen molar-refractivity contribution in [2.75, 3.05) is 25.3 Å². The summed E-state index contributed by atoms with van der Waals surface area (Å²) in [5.41, 5.74) is 0.284. The van der Waals surface area contributed by atoms with Gasteiger partial charge in [-0.25, -0.2) is 9.78 Å². The Morgan fingerprint density at radius 3 is 2.53 bits per heavy atom. The number of ether oxygens (including phenoxy) is 2. The molecule has 11 heteroatoms. The van der Waals surface area contributed by atoms with Gasteiger partial charge < -0.3 is 19.4 Å². The SMILES string of the molecule is CCn1c(SCC(=O)Nc2ccc(OC)cc2OC)nc2c1c(=O)n(C)c(=O)n2C. The van der Waals surface area contributed by atoms with E-state index in [9.17, 15) is 14.4 Å². The number of aromatic nitrogens is 4. The highest BCUT2D eigenvalue weighted by Crippen LogP contribution is 2.29. The Hall–Kier alpha value is -3.21. The average Bonchev–Trinajstić information content (AvgIpc) is 3.13. The monoisotopic (exact) mass is 433 g/mol. The molecule has 0 saturated carbocycles. The molecule has 0 radical (unpaired) electrons. The van der Waals surface area contributed by atoms with Gasteiger partial charge in [0.2, 0.25) is 5.91 Å². The number of aryl methyl sites for hydroxylation is 2. The second-order valence-corrected chi connectivity index (χ2v) is 7.36. The maximum atomic E-state index is 12.6. The molecule has 2 heterocycles. The Morgan fingerprint density at radius 2 is 1.90 bits per heavy atom. The number of nitrogens with zero attached hydrogens (tertiary/aromatic N) is 4. The van der Waals surface area contributed by atoms with Gasteiger partial charge in [-0.1, -0.05) is 11.8 Å². The van der Waals surface area contributed by atoms with Crippen LogP contribution in [-0.2, 0) is 25.4 Å². The van der Waals surface area contributed by atoms with Gasteiger partial charge in [0.1, 0.15) is 11.5 Å². The first kappa shape index (κ1) is 21.5. The summed E-state index contributed by atoms with van der Waals surface area (Å²) in [6, 6.07) is 5.09. The van der Waals surface area contributed by atoms with Crippen LogP contribution >= 0.6 is 11.8 Å². The largest absolute Gasteiger partial charge is 0.497 e. The lowest BCUT2D eigenvalue weighted by Crippen LogP contribution is -2.37. The van der Waals surface area contributed by atoms with Crippen LogP contribution in [0.5, 0.6) is 11.5 Å². The van der Waals surface area contributed by atoms with Crippen molar-refractivity contribution in [3.8, 4) is 11.5 Å². The number of amides is 1. The molecule has 3 rings (SSSR count). The van der Waals surface area contributed by atoms with Crippen molar-refractivity contribution in [3.63, 3.8) is 0 Å². The van der Waals surface area contributed by atoms with E-state index in [4.69, 9.17) is 9.47 Å². The van der Waals surface area contributed by atoms with Gasteiger partial charge in [0.15, 0.2) is 16.3 Å². The molecule has 1 aromatic carbocycles. The lowest BCUT2D eigenvalue weighted by atomic mass is 10.2. The minimum absolute atomic E-state index is 0.0623. The molecule has 0 atom stereocenters. The van der Waals surface area contributed by atoms with Crippen molar-refractivity contribution in [3.05, 3.63) is 39.0 Å². The van der Waals surface area contributed by atoms with Crippen LogP contribution in [-0.4, -0.2) is 44.6 Å². The molecule has 160 valence electrons. The highest BCUT2D eigenvalue weighted by molar-refractivity contribution is 7.99. The first-order valence-corrected chi connectivity index (χ1v) is 10.1. The van der Waals surface area contributed by atoms with Crippen molar-refractivity contribution < 1.29 is 14.3 Å². The molecule has 0 aliphatic carbocycles. The van der Waals surface area contributed by atoms with Crippen molar-refractivity contribution in [1.82, 2.24) is 18.7 Å². The fourth-order valence-electron chi connectivity index (χ4n) is 3.05. The molecule has 0 unspecified atom stereocenters. The zero-order valence-corrected chi connectivity index (χ0v) is 18.2. The Labute approximate surface area is 176 Å². The zero-order valence-electron chi connectivity index (χ0n) is 17.4. The lowest BCUT2D eigenvalue weighted by Gasteiger charge is -2.11. The Kier molecular flexibility index (Phi) is 6.20. The number of hydrogen-bond acceptors (Lipinski definition) is 7. The molecule has 10 nitrogen and oxygen atoms in total. The maximum Gasteiger partial charge on any atom is 0.332 e. The highest BCUT2D eigenvalue weighted by Gasteiger charge is 2.19. The van der Waals surface area contributed by atoms with Crippen molar-refractivity contribution in [1.29, 1.82) is 0 Å². The van der Waals surface area contributed by atoms with Gasteiger partial charge in [0, 0.05) is 26.7 Å². The summed E-state index contributed by atoms with van der Waals surface area (Å²) in [5.74, 6) is 0.891. The number of imidazole rings is 1. The van der Waals surface area contributed by atoms with Crippen LogP contribution in [0.25, 0.3) is 11.2 Å². The molecule has 1 amide bonds. The van der Waals surface area contributed by atoms with Gasteiger partial charge in [0.25, 0.3) is 5.56 Å². The predicted molar refractivity (Wildman–Crippen MR) is 115 cm³/mol. The van der Waals surface area contributed by atoms with Gasteiger partial charge in [0.05, 0.1) is 25.7 Å². The minimum atomic E-state index is -0.450. The van der Waals surface area contributed by atoms with Crippen LogP contribution in [0.3, 0.4) is 0 Å². The number of fused-ring (bicyclic) bond motifs is 1. The third-order valence-electron chi connectivity index (χ3n) is 4.64. The first-order chi connectivity index (χ1) is 14.3. The smallest absolute Gasteiger partial charge is 0.332 e. The zero-order chi connectivity index (χ0) is 22.0. The van der Waals surface area contributed by atoms with E-state index >= 15 is 0 Å². The summed E-state index contributed by atoms with van der Waals surface area (Å²) in [6.07, 6.45) is 0. The summed E-state index contributed by atoms with van der Waals surface area (Å²) in [5, 5.41) is 3.29. The van der Waals surface area contributed by atoms with Crippen LogP contribution in [0.4, 0.5) is 5.69 Å². The van der Waals surface area contributed by atoms with Crippen molar-refractivity contribution in [2.45, 2.75) is 18.6 Å². The van der Waals surface area contributed by atoms with Gasteiger partial charge in [-0.15, -0.1) is 0 Å². The molecule has 0 aliphatic heterocycles. The number of methoxy groups -OCH3 is 2. The van der Waals surface area contributed by atoms with Crippen molar-refractivity contribution in [2.24, 2.45) is 14.1 Å². The Balaban J connectivity index is 1.85. The third kappa shape index (κ3) is 3.80. The molecule has 0 bridgehead atoms. The van der Waals surface area contributed by atoms with Crippen LogP contribution in [0.2, 0.25) is 0 Å². The second-order valence-electron chi connectivity index (χ2n) is 6.42. The summed E-state index contributed by atoms with van der Waals surface area (Å²) < 4.78 is 14.5. The molecule has 0 saturated heterocycles. The number of benzene rings is 1. The van der Waals surface area contributed by atoms with Gasteiger partial charge in [-0.3, -0.25) is 18.7 Å². The normalized spacial score (nSPS) is 11.0. The van der Waals surface area contributed by atoms with Gasteiger partial charge in [-0.2, -0.15) is 0 Å². The number of carbonyl (C=O) groups is 1. The van der Waals surface area contributed by atoms with Crippen LogP contribution in [0, 0.1) is 0 Å². The van der Waals surface area contributed by atoms with Crippen LogP contribution in [0.15, 0.2) is 32.9 Å². The van der Waals surface area contributed by atoms with E-state index in [1.165, 1.54) is 30.5 Å². The minimum Gasteiger partial charge on any atom is -0.497 e. The highest BCUT2D eigenvalue weighted by atomic mass is 32.2. The second kappa shape index (κ2) is 8.66. The van der Waals surface area contributed by atoms with Gasteiger partial charge in [-0.05, 0) is 19.1 Å². The van der Waals surface area contributed by atoms with E-state index in [-0.39, 0.29) is 11.7 Å².